The number of carbonyl (C=O) groups is 1. The molecular weight excluding hydrogens is 388 g/mol. The maximum absolute atomic E-state index is 13.4. The van der Waals surface area contributed by atoms with Crippen molar-refractivity contribution in [2.75, 3.05) is 21.3 Å². The molecule has 0 saturated heterocycles. The molecule has 30 heavy (non-hydrogen) atoms. The molecule has 7 heteroatoms. The van der Waals surface area contributed by atoms with Crippen LogP contribution < -0.4 is 18.9 Å². The highest BCUT2D eigenvalue weighted by molar-refractivity contribution is 6.04. The fraction of sp³-hybridized carbons (Fsp3) is 0.348. The van der Waals surface area contributed by atoms with Gasteiger partial charge in [-0.2, -0.15) is 0 Å². The molecule has 2 aromatic carbocycles. The lowest BCUT2D eigenvalue weighted by Crippen LogP contribution is -2.32. The third-order valence-electron chi connectivity index (χ3n) is 5.09. The number of carbonyl (C=O) groups excluding carboxylic acids is 1. The molecule has 0 radical (unpaired) electrons. The molecule has 0 aromatic heterocycles. The number of rotatable bonds is 6. The normalized spacial score (nSPS) is 17.6. The number of benzene rings is 2. The van der Waals surface area contributed by atoms with Crippen LogP contribution in [0.1, 0.15) is 42.3 Å². The maximum Gasteiger partial charge on any atom is 0.177 e. The number of aromatic hydroxyl groups is 2. The van der Waals surface area contributed by atoms with Crippen LogP contribution in [0.2, 0.25) is 0 Å². The van der Waals surface area contributed by atoms with Crippen LogP contribution >= 0.6 is 0 Å². The molecule has 0 bridgehead atoms. The van der Waals surface area contributed by atoms with Gasteiger partial charge < -0.3 is 29.2 Å². The number of allylic oxidation sites excluding steroid dienone is 2. The summed E-state index contributed by atoms with van der Waals surface area (Å²) in [5.74, 6) is 0.0915. The fourth-order valence-corrected chi connectivity index (χ4v) is 3.64. The molecule has 7 nitrogen and oxygen atoms in total. The first-order valence-electron chi connectivity index (χ1n) is 9.50. The summed E-state index contributed by atoms with van der Waals surface area (Å²) >= 11 is 0. The van der Waals surface area contributed by atoms with Gasteiger partial charge in [0.05, 0.1) is 32.8 Å². The van der Waals surface area contributed by atoms with Crippen LogP contribution in [0.3, 0.4) is 0 Å². The molecule has 2 N–H and O–H groups in total. The molecule has 2 aromatic rings. The van der Waals surface area contributed by atoms with E-state index in [-0.39, 0.29) is 28.6 Å². The van der Waals surface area contributed by atoms with Crippen LogP contribution in [0.15, 0.2) is 35.9 Å². The van der Waals surface area contributed by atoms with E-state index in [9.17, 15) is 15.0 Å². The summed E-state index contributed by atoms with van der Waals surface area (Å²) in [5.41, 5.74) is 1.66. The summed E-state index contributed by atoms with van der Waals surface area (Å²) in [7, 11) is 4.56. The van der Waals surface area contributed by atoms with Crippen molar-refractivity contribution in [2.24, 2.45) is 5.92 Å². The monoisotopic (exact) mass is 414 g/mol. The van der Waals surface area contributed by atoms with Gasteiger partial charge in [0.2, 0.25) is 0 Å². The first-order chi connectivity index (χ1) is 14.3. The van der Waals surface area contributed by atoms with E-state index in [1.54, 1.807) is 12.1 Å². The third kappa shape index (κ3) is 3.87. The smallest absolute Gasteiger partial charge is 0.177 e. The number of ketones is 1. The molecule has 0 saturated carbocycles. The van der Waals surface area contributed by atoms with Gasteiger partial charge in [0.1, 0.15) is 46.2 Å². The Morgan fingerprint density at radius 1 is 1.03 bits per heavy atom. The van der Waals surface area contributed by atoms with E-state index in [0.29, 0.717) is 29.2 Å². The van der Waals surface area contributed by atoms with Crippen molar-refractivity contribution in [3.8, 4) is 34.5 Å². The minimum Gasteiger partial charge on any atom is -0.508 e. The molecule has 1 heterocycles. The summed E-state index contributed by atoms with van der Waals surface area (Å²) in [5, 5.41) is 20.2. The topological polar surface area (TPSA) is 94.5 Å². The zero-order chi connectivity index (χ0) is 22.0. The Morgan fingerprint density at radius 3 is 2.20 bits per heavy atom. The molecule has 1 aliphatic heterocycles. The predicted molar refractivity (Wildman–Crippen MR) is 111 cm³/mol. The maximum atomic E-state index is 13.4. The highest BCUT2D eigenvalue weighted by Gasteiger charge is 2.42. The Labute approximate surface area is 175 Å². The molecule has 0 unspecified atom stereocenters. The van der Waals surface area contributed by atoms with E-state index in [2.05, 4.69) is 0 Å². The zero-order valence-electron chi connectivity index (χ0n) is 17.7. The van der Waals surface area contributed by atoms with E-state index in [0.717, 1.165) is 11.6 Å². The second kappa shape index (κ2) is 8.57. The van der Waals surface area contributed by atoms with E-state index < -0.39 is 12.0 Å². The number of hydrogen-bond acceptors (Lipinski definition) is 7. The number of ether oxygens (including phenoxy) is 4. The number of fused-ring (bicyclic) bond motifs is 1. The molecular formula is C23H26O7. The second-order valence-electron chi connectivity index (χ2n) is 7.31. The van der Waals surface area contributed by atoms with Gasteiger partial charge in [-0.05, 0) is 20.3 Å². The summed E-state index contributed by atoms with van der Waals surface area (Å²) < 4.78 is 22.6. The van der Waals surface area contributed by atoms with Crippen LogP contribution in [0.25, 0.3) is 0 Å². The molecule has 2 atom stereocenters. The van der Waals surface area contributed by atoms with Crippen molar-refractivity contribution in [1.82, 2.24) is 0 Å². The standard InChI is InChI=1S/C23H26O7/c1-12(2)6-7-15-22(26)20-16(25)8-13(24)9-19(20)30-23(15)21-17(28-4)10-14(27-3)11-18(21)29-5/h6,8-11,15,23-25H,7H2,1-5H3/t15-,23+/m1/s1. The van der Waals surface area contributed by atoms with Gasteiger partial charge in [-0.25, -0.2) is 0 Å². The van der Waals surface area contributed by atoms with Crippen molar-refractivity contribution >= 4 is 5.78 Å². The largest absolute Gasteiger partial charge is 0.508 e. The third-order valence-corrected chi connectivity index (χ3v) is 5.09. The average Bonchev–Trinajstić information content (AvgIpc) is 2.70. The molecule has 0 spiro atoms. The lowest BCUT2D eigenvalue weighted by molar-refractivity contribution is 0.0642. The Kier molecular flexibility index (Phi) is 6.10. The van der Waals surface area contributed by atoms with E-state index >= 15 is 0 Å². The van der Waals surface area contributed by atoms with Crippen molar-refractivity contribution in [3.05, 3.63) is 47.0 Å². The molecule has 0 fully saturated rings. The Morgan fingerprint density at radius 2 is 1.67 bits per heavy atom. The number of phenolic OH excluding ortho intramolecular Hbond substituents is 2. The Bertz CT molecular complexity index is 964. The number of methoxy groups -OCH3 is 3. The van der Waals surface area contributed by atoms with E-state index in [1.165, 1.54) is 27.4 Å². The van der Waals surface area contributed by atoms with E-state index in [1.807, 2.05) is 19.9 Å². The van der Waals surface area contributed by atoms with Gasteiger partial charge in [-0.3, -0.25) is 4.79 Å². The molecule has 3 rings (SSSR count). The highest BCUT2D eigenvalue weighted by Crippen LogP contribution is 2.50. The molecule has 0 amide bonds. The lowest BCUT2D eigenvalue weighted by Gasteiger charge is -2.34. The zero-order valence-corrected chi connectivity index (χ0v) is 17.7. The Balaban J connectivity index is 2.23. The second-order valence-corrected chi connectivity index (χ2v) is 7.31. The number of phenols is 2. The van der Waals surface area contributed by atoms with E-state index in [4.69, 9.17) is 18.9 Å². The SMILES string of the molecule is COc1cc(OC)c([C@H]2Oc3cc(O)cc(O)c3C(=O)[C@H]2CC=C(C)C)c(OC)c1. The van der Waals surface area contributed by atoms with Crippen LogP contribution in [0, 0.1) is 5.92 Å². The van der Waals surface area contributed by atoms with Crippen LogP contribution in [0.5, 0.6) is 34.5 Å². The quantitative estimate of drug-likeness (QED) is 0.676. The van der Waals surface area contributed by atoms with Crippen LogP contribution in [0.4, 0.5) is 0 Å². The summed E-state index contributed by atoms with van der Waals surface area (Å²) in [6, 6.07) is 5.84. The van der Waals surface area contributed by atoms with Crippen LogP contribution in [-0.2, 0) is 0 Å². The van der Waals surface area contributed by atoms with Gasteiger partial charge >= 0.3 is 0 Å². The minimum atomic E-state index is -0.766. The van der Waals surface area contributed by atoms with Crippen molar-refractivity contribution < 1.29 is 34.0 Å². The summed E-state index contributed by atoms with van der Waals surface area (Å²) in [6.07, 6.45) is 1.57. The predicted octanol–water partition coefficient (Wildman–Crippen LogP) is 4.41. The molecule has 0 aliphatic carbocycles. The first kappa shape index (κ1) is 21.4. The first-order valence-corrected chi connectivity index (χ1v) is 9.50. The van der Waals surface area contributed by atoms with Gasteiger partial charge in [-0.15, -0.1) is 0 Å². The van der Waals surface area contributed by atoms with Gasteiger partial charge in [0.15, 0.2) is 5.78 Å². The fourth-order valence-electron chi connectivity index (χ4n) is 3.64. The molecule has 160 valence electrons. The van der Waals surface area contributed by atoms with Crippen molar-refractivity contribution in [2.45, 2.75) is 26.4 Å². The van der Waals surface area contributed by atoms with Crippen molar-refractivity contribution in [1.29, 1.82) is 0 Å². The minimum absolute atomic E-state index is 0.0580. The number of Topliss-reactive ketones (excluding diaryl/α,β-unsaturated/α-hetero) is 1. The summed E-state index contributed by atoms with van der Waals surface area (Å²) in [6.45, 7) is 3.89. The summed E-state index contributed by atoms with van der Waals surface area (Å²) in [4.78, 5) is 13.4. The lowest BCUT2D eigenvalue weighted by atomic mass is 9.82. The van der Waals surface area contributed by atoms with Gasteiger partial charge in [-0.1, -0.05) is 11.6 Å². The Hall–Kier alpha value is -3.35. The molecule has 1 aliphatic rings. The van der Waals surface area contributed by atoms with Crippen LogP contribution in [-0.4, -0.2) is 37.3 Å². The van der Waals surface area contributed by atoms with Gasteiger partial charge in [0.25, 0.3) is 0 Å². The van der Waals surface area contributed by atoms with Gasteiger partial charge in [0, 0.05) is 24.3 Å². The average molecular weight is 414 g/mol. The highest BCUT2D eigenvalue weighted by atomic mass is 16.5. The van der Waals surface area contributed by atoms with Crippen molar-refractivity contribution in [3.63, 3.8) is 0 Å². The number of hydrogen-bond donors (Lipinski definition) is 2.